The van der Waals surface area contributed by atoms with E-state index in [2.05, 4.69) is 20.8 Å². The fourth-order valence-electron chi connectivity index (χ4n) is 3.71. The zero-order chi connectivity index (χ0) is 10.4. The van der Waals surface area contributed by atoms with Crippen LogP contribution in [0.4, 0.5) is 0 Å². The second-order valence-electron chi connectivity index (χ2n) is 6.76. The molecule has 3 fully saturated rings. The first-order valence-corrected chi connectivity index (χ1v) is 6.11. The Morgan fingerprint density at radius 1 is 1.14 bits per heavy atom. The highest BCUT2D eigenvalue weighted by Crippen LogP contribution is 2.51. The van der Waals surface area contributed by atoms with Crippen molar-refractivity contribution in [2.45, 2.75) is 64.9 Å². The highest BCUT2D eigenvalue weighted by Gasteiger charge is 2.47. The summed E-state index contributed by atoms with van der Waals surface area (Å²) in [5.74, 6) is 1.43. The highest BCUT2D eigenvalue weighted by molar-refractivity contribution is 4.99. The van der Waals surface area contributed by atoms with Crippen LogP contribution in [0.5, 0.6) is 0 Å². The average Bonchev–Trinajstić information content (AvgIpc) is 2.00. The molecule has 0 saturated heterocycles. The van der Waals surface area contributed by atoms with E-state index in [-0.39, 0.29) is 11.0 Å². The van der Waals surface area contributed by atoms with E-state index >= 15 is 0 Å². The number of hydrogen-bond donors (Lipinski definition) is 1. The zero-order valence-electron chi connectivity index (χ0n) is 9.84. The Kier molecular flexibility index (Phi) is 2.42. The molecular formula is C13H24O. The van der Waals surface area contributed by atoms with E-state index in [1.54, 1.807) is 0 Å². The quantitative estimate of drug-likeness (QED) is 0.682. The normalized spacial score (nSPS) is 42.9. The van der Waals surface area contributed by atoms with Crippen molar-refractivity contribution in [2.24, 2.45) is 17.3 Å². The van der Waals surface area contributed by atoms with Crippen LogP contribution in [0.15, 0.2) is 0 Å². The molecule has 3 aliphatic rings. The van der Waals surface area contributed by atoms with Crippen molar-refractivity contribution in [3.8, 4) is 0 Å². The van der Waals surface area contributed by atoms with Gasteiger partial charge in [-0.1, -0.05) is 20.8 Å². The number of aliphatic hydroxyl groups is 1. The summed E-state index contributed by atoms with van der Waals surface area (Å²) >= 11 is 0. The molecule has 0 aromatic rings. The van der Waals surface area contributed by atoms with Crippen LogP contribution in [0, 0.1) is 17.3 Å². The van der Waals surface area contributed by atoms with Crippen LogP contribution in [0.25, 0.3) is 0 Å². The molecule has 0 heterocycles. The van der Waals surface area contributed by atoms with Gasteiger partial charge in [-0.3, -0.25) is 0 Å². The van der Waals surface area contributed by atoms with E-state index < -0.39 is 0 Å². The summed E-state index contributed by atoms with van der Waals surface area (Å²) in [5.41, 5.74) is -0.0500. The van der Waals surface area contributed by atoms with Crippen LogP contribution in [0.3, 0.4) is 0 Å². The molecule has 0 amide bonds. The van der Waals surface area contributed by atoms with Gasteiger partial charge in [0.1, 0.15) is 0 Å². The molecule has 0 aromatic carbocycles. The second kappa shape index (κ2) is 3.23. The number of fused-ring (bicyclic) bond motifs is 3. The van der Waals surface area contributed by atoms with Crippen molar-refractivity contribution >= 4 is 0 Å². The highest BCUT2D eigenvalue weighted by atomic mass is 16.3. The lowest BCUT2D eigenvalue weighted by atomic mass is 9.58. The van der Waals surface area contributed by atoms with Crippen molar-refractivity contribution in [3.63, 3.8) is 0 Å². The third kappa shape index (κ3) is 1.98. The maximum absolute atomic E-state index is 10.7. The van der Waals surface area contributed by atoms with Crippen LogP contribution < -0.4 is 0 Å². The Balaban J connectivity index is 2.08. The minimum atomic E-state index is -0.320. The first-order chi connectivity index (χ1) is 6.39. The van der Waals surface area contributed by atoms with Gasteiger partial charge in [0, 0.05) is 0 Å². The largest absolute Gasteiger partial charge is 0.390 e. The predicted molar refractivity (Wildman–Crippen MR) is 59.1 cm³/mol. The molecule has 3 rings (SSSR count). The Morgan fingerprint density at radius 2 is 1.71 bits per heavy atom. The molecule has 82 valence electrons. The van der Waals surface area contributed by atoms with Gasteiger partial charge in [0.15, 0.2) is 0 Å². The zero-order valence-corrected chi connectivity index (χ0v) is 9.84. The SMILES string of the molecule is CC(C)(C)CC1(O)CC2CCC1CC2. The van der Waals surface area contributed by atoms with Crippen LogP contribution >= 0.6 is 0 Å². The first-order valence-electron chi connectivity index (χ1n) is 6.11. The van der Waals surface area contributed by atoms with Gasteiger partial charge in [-0.25, -0.2) is 0 Å². The van der Waals surface area contributed by atoms with Gasteiger partial charge < -0.3 is 5.11 Å². The molecule has 1 nitrogen and oxygen atoms in total. The molecule has 3 saturated carbocycles. The van der Waals surface area contributed by atoms with E-state index in [1.807, 2.05) is 0 Å². The molecule has 2 bridgehead atoms. The number of hydrogen-bond acceptors (Lipinski definition) is 1. The fourth-order valence-corrected chi connectivity index (χ4v) is 3.71. The Labute approximate surface area is 87.9 Å². The Morgan fingerprint density at radius 3 is 2.07 bits per heavy atom. The molecule has 1 atom stereocenters. The monoisotopic (exact) mass is 196 g/mol. The third-order valence-electron chi connectivity index (χ3n) is 4.09. The Bertz CT molecular complexity index is 208. The molecule has 0 aliphatic heterocycles. The Hall–Kier alpha value is -0.0400. The molecule has 1 heteroatoms. The predicted octanol–water partition coefficient (Wildman–Crippen LogP) is 3.36. The maximum atomic E-state index is 10.7. The minimum Gasteiger partial charge on any atom is -0.390 e. The van der Waals surface area contributed by atoms with E-state index in [1.165, 1.54) is 25.7 Å². The van der Waals surface area contributed by atoms with Gasteiger partial charge in [0.2, 0.25) is 0 Å². The smallest absolute Gasteiger partial charge is 0.0683 e. The van der Waals surface area contributed by atoms with Crippen molar-refractivity contribution in [1.29, 1.82) is 0 Å². The summed E-state index contributed by atoms with van der Waals surface area (Å²) in [6.45, 7) is 6.73. The minimum absolute atomic E-state index is 0.270. The molecule has 0 spiro atoms. The summed E-state index contributed by atoms with van der Waals surface area (Å²) in [4.78, 5) is 0. The number of rotatable bonds is 1. The summed E-state index contributed by atoms with van der Waals surface area (Å²) < 4.78 is 0. The van der Waals surface area contributed by atoms with E-state index in [0.717, 1.165) is 18.8 Å². The van der Waals surface area contributed by atoms with Gasteiger partial charge in [0.05, 0.1) is 5.60 Å². The van der Waals surface area contributed by atoms with Crippen LogP contribution in [-0.4, -0.2) is 10.7 Å². The van der Waals surface area contributed by atoms with Crippen molar-refractivity contribution < 1.29 is 5.11 Å². The second-order valence-corrected chi connectivity index (χ2v) is 6.76. The maximum Gasteiger partial charge on any atom is 0.0683 e. The lowest BCUT2D eigenvalue weighted by molar-refractivity contribution is -0.118. The van der Waals surface area contributed by atoms with Crippen molar-refractivity contribution in [3.05, 3.63) is 0 Å². The molecule has 1 N–H and O–H groups in total. The molecule has 0 radical (unpaired) electrons. The molecule has 3 aliphatic carbocycles. The molecule has 14 heavy (non-hydrogen) atoms. The summed E-state index contributed by atoms with van der Waals surface area (Å²) in [6, 6.07) is 0. The van der Waals surface area contributed by atoms with Crippen LogP contribution in [-0.2, 0) is 0 Å². The van der Waals surface area contributed by atoms with E-state index in [4.69, 9.17) is 0 Å². The van der Waals surface area contributed by atoms with Gasteiger partial charge in [-0.05, 0) is 55.8 Å². The molecular weight excluding hydrogens is 172 g/mol. The lowest BCUT2D eigenvalue weighted by Crippen LogP contribution is -2.49. The van der Waals surface area contributed by atoms with E-state index in [0.29, 0.717) is 5.92 Å². The third-order valence-corrected chi connectivity index (χ3v) is 4.09. The van der Waals surface area contributed by atoms with Crippen LogP contribution in [0.2, 0.25) is 0 Å². The lowest BCUT2D eigenvalue weighted by Gasteiger charge is -2.50. The fraction of sp³-hybridized carbons (Fsp3) is 1.00. The molecule has 0 aromatic heterocycles. The van der Waals surface area contributed by atoms with Gasteiger partial charge in [0.25, 0.3) is 0 Å². The van der Waals surface area contributed by atoms with Gasteiger partial charge in [-0.2, -0.15) is 0 Å². The standard InChI is InChI=1S/C13H24O/c1-12(2,3)9-13(14)8-10-4-6-11(13)7-5-10/h10-11,14H,4-9H2,1-3H3. The first kappa shape index (κ1) is 10.5. The topological polar surface area (TPSA) is 20.2 Å². The summed E-state index contributed by atoms with van der Waals surface area (Å²) in [5, 5.41) is 10.7. The van der Waals surface area contributed by atoms with Gasteiger partial charge in [-0.15, -0.1) is 0 Å². The van der Waals surface area contributed by atoms with Crippen LogP contribution in [0.1, 0.15) is 59.3 Å². The van der Waals surface area contributed by atoms with Crippen molar-refractivity contribution in [2.75, 3.05) is 0 Å². The molecule has 1 unspecified atom stereocenters. The summed E-state index contributed by atoms with van der Waals surface area (Å²) in [6.07, 6.45) is 7.36. The van der Waals surface area contributed by atoms with E-state index in [9.17, 15) is 5.11 Å². The van der Waals surface area contributed by atoms with Gasteiger partial charge >= 0.3 is 0 Å². The summed E-state index contributed by atoms with van der Waals surface area (Å²) in [7, 11) is 0. The average molecular weight is 196 g/mol. The van der Waals surface area contributed by atoms with Crippen molar-refractivity contribution in [1.82, 2.24) is 0 Å².